The summed E-state index contributed by atoms with van der Waals surface area (Å²) in [5, 5.41) is 3.27. The lowest BCUT2D eigenvalue weighted by molar-refractivity contribution is 0.115. The zero-order valence-corrected chi connectivity index (χ0v) is 10.8. The van der Waals surface area contributed by atoms with Gasteiger partial charge in [-0.25, -0.2) is 0 Å². The quantitative estimate of drug-likeness (QED) is 0.405. The maximum atomic E-state index is 5.61. The Morgan fingerprint density at radius 1 is 1.44 bits per heavy atom. The second-order valence-corrected chi connectivity index (χ2v) is 4.27. The molecule has 1 aliphatic rings. The van der Waals surface area contributed by atoms with Gasteiger partial charge in [-0.3, -0.25) is 4.99 Å². The highest BCUT2D eigenvalue weighted by atomic mass is 16.5. The van der Waals surface area contributed by atoms with Crippen LogP contribution in [0.2, 0.25) is 0 Å². The topological polar surface area (TPSA) is 36.9 Å². The molecule has 1 saturated carbocycles. The van der Waals surface area contributed by atoms with E-state index >= 15 is 0 Å². The van der Waals surface area contributed by atoms with Gasteiger partial charge in [-0.1, -0.05) is 0 Å². The minimum absolute atomic E-state index is 0.793. The van der Waals surface area contributed by atoms with Crippen molar-refractivity contribution in [2.75, 3.05) is 39.9 Å². The molecule has 94 valence electrons. The van der Waals surface area contributed by atoms with E-state index in [-0.39, 0.29) is 0 Å². The first-order valence-electron chi connectivity index (χ1n) is 6.35. The minimum atomic E-state index is 0.793. The number of hydrogen-bond acceptors (Lipinski definition) is 2. The lowest BCUT2D eigenvalue weighted by Gasteiger charge is -2.21. The highest BCUT2D eigenvalue weighted by Crippen LogP contribution is 2.28. The third kappa shape index (κ3) is 5.35. The van der Waals surface area contributed by atoms with Crippen molar-refractivity contribution in [2.24, 2.45) is 10.9 Å². The van der Waals surface area contributed by atoms with E-state index in [0.717, 1.165) is 44.7 Å². The van der Waals surface area contributed by atoms with E-state index in [4.69, 9.17) is 4.74 Å². The van der Waals surface area contributed by atoms with E-state index in [1.54, 1.807) is 0 Å². The molecule has 16 heavy (non-hydrogen) atoms. The number of guanidine groups is 1. The number of rotatable bonds is 7. The van der Waals surface area contributed by atoms with E-state index in [0.29, 0.717) is 0 Å². The Morgan fingerprint density at radius 3 is 2.75 bits per heavy atom. The number of likely N-dealkylation sites (N-methyl/N-ethyl adjacent to an activating group) is 1. The first kappa shape index (κ1) is 13.3. The Balaban J connectivity index is 2.13. The standard InChI is InChI=1S/C12H25N3O/c1-4-13-12(14-5-2)15(3)8-9-16-10-11-6-7-11/h11H,4-10H2,1-3H3,(H,13,14). The van der Waals surface area contributed by atoms with Gasteiger partial charge in [0.05, 0.1) is 6.61 Å². The molecule has 0 aromatic rings. The predicted molar refractivity (Wildman–Crippen MR) is 67.8 cm³/mol. The van der Waals surface area contributed by atoms with Crippen LogP contribution in [-0.2, 0) is 4.74 Å². The molecule has 1 fully saturated rings. The van der Waals surface area contributed by atoms with E-state index < -0.39 is 0 Å². The van der Waals surface area contributed by atoms with Gasteiger partial charge in [0.25, 0.3) is 0 Å². The lowest BCUT2D eigenvalue weighted by atomic mass is 10.5. The molecule has 0 aromatic carbocycles. The van der Waals surface area contributed by atoms with Crippen LogP contribution in [0.4, 0.5) is 0 Å². The molecule has 0 amide bonds. The molecule has 0 aromatic heterocycles. The molecule has 1 aliphatic carbocycles. The fraction of sp³-hybridized carbons (Fsp3) is 0.917. The Labute approximate surface area is 99.1 Å². The van der Waals surface area contributed by atoms with Gasteiger partial charge in [-0.15, -0.1) is 0 Å². The third-order valence-electron chi connectivity index (χ3n) is 2.63. The summed E-state index contributed by atoms with van der Waals surface area (Å²) in [5.41, 5.74) is 0. The summed E-state index contributed by atoms with van der Waals surface area (Å²) in [6.45, 7) is 8.49. The lowest BCUT2D eigenvalue weighted by Crippen LogP contribution is -2.40. The van der Waals surface area contributed by atoms with Gasteiger partial charge in [-0.2, -0.15) is 0 Å². The van der Waals surface area contributed by atoms with Crippen LogP contribution >= 0.6 is 0 Å². The van der Waals surface area contributed by atoms with Crippen molar-refractivity contribution in [1.82, 2.24) is 10.2 Å². The molecule has 0 unspecified atom stereocenters. The Morgan fingerprint density at radius 2 is 2.19 bits per heavy atom. The number of aliphatic imine (C=N–C) groups is 1. The summed E-state index contributed by atoms with van der Waals surface area (Å²) in [6, 6.07) is 0. The molecule has 0 aliphatic heterocycles. The highest BCUT2D eigenvalue weighted by molar-refractivity contribution is 5.79. The summed E-state index contributed by atoms with van der Waals surface area (Å²) in [5.74, 6) is 1.82. The molecule has 4 heteroatoms. The van der Waals surface area contributed by atoms with E-state index in [1.807, 2.05) is 0 Å². The van der Waals surface area contributed by atoms with Crippen molar-refractivity contribution >= 4 is 5.96 Å². The smallest absolute Gasteiger partial charge is 0.193 e. The number of hydrogen-bond donors (Lipinski definition) is 1. The fourth-order valence-electron chi connectivity index (χ4n) is 1.46. The van der Waals surface area contributed by atoms with Crippen molar-refractivity contribution in [3.63, 3.8) is 0 Å². The summed E-state index contributed by atoms with van der Waals surface area (Å²) < 4.78 is 5.61. The SMILES string of the molecule is CCN=C(NCC)N(C)CCOCC1CC1. The van der Waals surface area contributed by atoms with E-state index in [9.17, 15) is 0 Å². The highest BCUT2D eigenvalue weighted by Gasteiger charge is 2.21. The van der Waals surface area contributed by atoms with E-state index in [2.05, 4.69) is 36.1 Å². The molecule has 0 spiro atoms. The van der Waals surface area contributed by atoms with Gasteiger partial charge >= 0.3 is 0 Å². The van der Waals surface area contributed by atoms with Gasteiger partial charge in [-0.05, 0) is 32.6 Å². The van der Waals surface area contributed by atoms with Crippen LogP contribution in [0.1, 0.15) is 26.7 Å². The Kier molecular flexibility index (Phi) is 6.23. The van der Waals surface area contributed by atoms with Crippen LogP contribution < -0.4 is 5.32 Å². The van der Waals surface area contributed by atoms with Crippen LogP contribution in [-0.4, -0.2) is 50.8 Å². The number of ether oxygens (including phenoxy) is 1. The summed E-state index contributed by atoms with van der Waals surface area (Å²) in [6.07, 6.45) is 2.71. The first-order valence-corrected chi connectivity index (χ1v) is 6.35. The van der Waals surface area contributed by atoms with Gasteiger partial charge in [0.1, 0.15) is 0 Å². The fourth-order valence-corrected chi connectivity index (χ4v) is 1.46. The first-order chi connectivity index (χ1) is 7.77. The number of nitrogens with one attached hydrogen (secondary N) is 1. The largest absolute Gasteiger partial charge is 0.379 e. The maximum absolute atomic E-state index is 5.61. The van der Waals surface area contributed by atoms with Gasteiger partial charge in [0.2, 0.25) is 0 Å². The predicted octanol–water partition coefficient (Wildman–Crippen LogP) is 1.33. The molecule has 4 nitrogen and oxygen atoms in total. The average molecular weight is 227 g/mol. The molecule has 0 radical (unpaired) electrons. The normalized spacial score (nSPS) is 16.3. The molecular weight excluding hydrogens is 202 g/mol. The maximum Gasteiger partial charge on any atom is 0.193 e. The van der Waals surface area contributed by atoms with E-state index in [1.165, 1.54) is 12.8 Å². The zero-order valence-electron chi connectivity index (χ0n) is 10.8. The van der Waals surface area contributed by atoms with Crippen LogP contribution in [0.3, 0.4) is 0 Å². The zero-order chi connectivity index (χ0) is 11.8. The molecule has 0 bridgehead atoms. The third-order valence-corrected chi connectivity index (χ3v) is 2.63. The molecule has 0 heterocycles. The van der Waals surface area contributed by atoms with Crippen molar-refractivity contribution in [2.45, 2.75) is 26.7 Å². The number of nitrogens with zero attached hydrogens (tertiary/aromatic N) is 2. The average Bonchev–Trinajstić information content (AvgIpc) is 3.07. The Bertz CT molecular complexity index is 214. The molecule has 0 atom stereocenters. The van der Waals surface area contributed by atoms with Crippen molar-refractivity contribution in [3.8, 4) is 0 Å². The van der Waals surface area contributed by atoms with Crippen LogP contribution in [0.15, 0.2) is 4.99 Å². The van der Waals surface area contributed by atoms with Gasteiger partial charge < -0.3 is 15.0 Å². The van der Waals surface area contributed by atoms with Gasteiger partial charge in [0, 0.05) is 33.3 Å². The van der Waals surface area contributed by atoms with Crippen molar-refractivity contribution in [3.05, 3.63) is 0 Å². The second-order valence-electron chi connectivity index (χ2n) is 4.27. The summed E-state index contributed by atoms with van der Waals surface area (Å²) >= 11 is 0. The van der Waals surface area contributed by atoms with Crippen LogP contribution in [0.5, 0.6) is 0 Å². The molecule has 1 rings (SSSR count). The second kappa shape index (κ2) is 7.49. The van der Waals surface area contributed by atoms with Crippen molar-refractivity contribution in [1.29, 1.82) is 0 Å². The van der Waals surface area contributed by atoms with Crippen molar-refractivity contribution < 1.29 is 4.74 Å². The summed E-state index contributed by atoms with van der Waals surface area (Å²) in [7, 11) is 2.05. The van der Waals surface area contributed by atoms with Crippen LogP contribution in [0, 0.1) is 5.92 Å². The molecule has 1 N–H and O–H groups in total. The molecule has 0 saturated heterocycles. The summed E-state index contributed by atoms with van der Waals surface area (Å²) in [4.78, 5) is 6.54. The van der Waals surface area contributed by atoms with Crippen LogP contribution in [0.25, 0.3) is 0 Å². The molecular formula is C12H25N3O. The monoisotopic (exact) mass is 227 g/mol. The Hall–Kier alpha value is -0.770. The minimum Gasteiger partial charge on any atom is -0.379 e. The van der Waals surface area contributed by atoms with Gasteiger partial charge in [0.15, 0.2) is 5.96 Å².